The molecule has 1 aliphatic heterocycles. The molecule has 0 bridgehead atoms. The maximum Gasteiger partial charge on any atom is 0.258 e. The van der Waals surface area contributed by atoms with E-state index in [0.717, 1.165) is 32.1 Å². The first kappa shape index (κ1) is 13.7. The molecule has 2 N–H and O–H groups in total. The molecule has 1 saturated heterocycles. The predicted octanol–water partition coefficient (Wildman–Crippen LogP) is 1.54. The number of hydrazine groups is 1. The summed E-state index contributed by atoms with van der Waals surface area (Å²) in [5.74, 6) is -0.123. The van der Waals surface area contributed by atoms with Crippen LogP contribution >= 0.6 is 0 Å². The molecule has 0 saturated carbocycles. The zero-order valence-corrected chi connectivity index (χ0v) is 11.2. The Morgan fingerprint density at radius 2 is 2.05 bits per heavy atom. The normalized spacial score (nSPS) is 16.4. The maximum absolute atomic E-state index is 12.7. The van der Waals surface area contributed by atoms with Crippen molar-refractivity contribution < 1.29 is 9.18 Å². The highest BCUT2D eigenvalue weighted by Crippen LogP contribution is 2.20. The summed E-state index contributed by atoms with van der Waals surface area (Å²) in [7, 11) is 0. The summed E-state index contributed by atoms with van der Waals surface area (Å²) in [5, 5.41) is 0. The Hall–Kier alpha value is -1.69. The van der Waals surface area contributed by atoms with Gasteiger partial charge in [0.2, 0.25) is 0 Å². The molecule has 1 aromatic heterocycles. The molecule has 104 valence electrons. The molecule has 1 aliphatic rings. The standard InChI is InChI=1S/C13H19FN4O/c1-13(2,18-7-3-4-8-18)12(19)17-16-11-6-5-10(14)9-15-11/h5-6,9H,3-4,7-8H2,1-2H3,(H,15,16)(H,17,19). The topological polar surface area (TPSA) is 57.3 Å². The van der Waals surface area contributed by atoms with Gasteiger partial charge in [-0.15, -0.1) is 0 Å². The first-order valence-corrected chi connectivity index (χ1v) is 6.43. The summed E-state index contributed by atoms with van der Waals surface area (Å²) in [6.07, 6.45) is 3.35. The summed E-state index contributed by atoms with van der Waals surface area (Å²) in [6.45, 7) is 5.67. The van der Waals surface area contributed by atoms with Crippen molar-refractivity contribution in [2.75, 3.05) is 18.5 Å². The van der Waals surface area contributed by atoms with Gasteiger partial charge in [0.1, 0.15) is 11.6 Å². The number of anilines is 1. The number of carbonyl (C=O) groups is 1. The maximum atomic E-state index is 12.7. The number of rotatable bonds is 4. The number of nitrogens with one attached hydrogen (secondary N) is 2. The van der Waals surface area contributed by atoms with Crippen molar-refractivity contribution in [1.82, 2.24) is 15.3 Å². The average molecular weight is 266 g/mol. The fraction of sp³-hybridized carbons (Fsp3) is 0.538. The van der Waals surface area contributed by atoms with Gasteiger partial charge in [0.05, 0.1) is 11.7 Å². The van der Waals surface area contributed by atoms with Gasteiger partial charge in [0.15, 0.2) is 0 Å². The zero-order valence-electron chi connectivity index (χ0n) is 11.2. The molecule has 19 heavy (non-hydrogen) atoms. The van der Waals surface area contributed by atoms with Crippen LogP contribution in [0.25, 0.3) is 0 Å². The minimum atomic E-state index is -0.566. The van der Waals surface area contributed by atoms with E-state index in [0.29, 0.717) is 5.82 Å². The third-order valence-electron chi connectivity index (χ3n) is 3.48. The van der Waals surface area contributed by atoms with Gasteiger partial charge in [-0.3, -0.25) is 20.5 Å². The SMILES string of the molecule is CC(C)(C(=O)NNc1ccc(F)cn1)N1CCCC1. The highest BCUT2D eigenvalue weighted by molar-refractivity contribution is 5.86. The van der Waals surface area contributed by atoms with E-state index in [4.69, 9.17) is 0 Å². The largest absolute Gasteiger partial charge is 0.290 e. The lowest BCUT2D eigenvalue weighted by molar-refractivity contribution is -0.130. The molecule has 5 nitrogen and oxygen atoms in total. The van der Waals surface area contributed by atoms with Gasteiger partial charge in [-0.05, 0) is 51.9 Å². The first-order chi connectivity index (χ1) is 9.00. The summed E-state index contributed by atoms with van der Waals surface area (Å²) < 4.78 is 12.7. The molecule has 0 aliphatic carbocycles. The number of carbonyl (C=O) groups excluding carboxylic acids is 1. The van der Waals surface area contributed by atoms with Crippen LogP contribution < -0.4 is 10.9 Å². The fourth-order valence-electron chi connectivity index (χ4n) is 2.14. The molecule has 0 unspecified atom stereocenters. The second kappa shape index (κ2) is 5.52. The summed E-state index contributed by atoms with van der Waals surface area (Å²) >= 11 is 0. The van der Waals surface area contributed by atoms with Gasteiger partial charge < -0.3 is 0 Å². The van der Waals surface area contributed by atoms with Crippen LogP contribution in [0.15, 0.2) is 18.3 Å². The van der Waals surface area contributed by atoms with E-state index in [1.165, 1.54) is 12.1 Å². The molecule has 2 rings (SSSR count). The average Bonchev–Trinajstić information content (AvgIpc) is 2.92. The second-order valence-electron chi connectivity index (χ2n) is 5.19. The van der Waals surface area contributed by atoms with Crippen LogP contribution in [0, 0.1) is 5.82 Å². The van der Waals surface area contributed by atoms with Gasteiger partial charge in [-0.25, -0.2) is 9.37 Å². The minimum absolute atomic E-state index is 0.125. The van der Waals surface area contributed by atoms with Crippen molar-refractivity contribution in [1.29, 1.82) is 0 Å². The smallest absolute Gasteiger partial charge is 0.258 e. The Labute approximate surface area is 112 Å². The molecule has 0 atom stereocenters. The molecular weight excluding hydrogens is 247 g/mol. The van der Waals surface area contributed by atoms with Crippen LogP contribution in [-0.4, -0.2) is 34.4 Å². The highest BCUT2D eigenvalue weighted by Gasteiger charge is 2.35. The molecule has 1 aromatic rings. The van der Waals surface area contributed by atoms with E-state index >= 15 is 0 Å². The molecule has 0 aromatic carbocycles. The van der Waals surface area contributed by atoms with Gasteiger partial charge in [0, 0.05) is 0 Å². The second-order valence-corrected chi connectivity index (χ2v) is 5.19. The lowest BCUT2D eigenvalue weighted by Crippen LogP contribution is -2.55. The van der Waals surface area contributed by atoms with E-state index in [-0.39, 0.29) is 5.91 Å². The lowest BCUT2D eigenvalue weighted by atomic mass is 10.0. The Morgan fingerprint density at radius 3 is 2.63 bits per heavy atom. The Balaban J connectivity index is 1.91. The van der Waals surface area contributed by atoms with Crippen LogP contribution in [-0.2, 0) is 4.79 Å². The van der Waals surface area contributed by atoms with Crippen LogP contribution in [0.2, 0.25) is 0 Å². The Bertz CT molecular complexity index is 440. The van der Waals surface area contributed by atoms with Crippen molar-refractivity contribution in [2.45, 2.75) is 32.2 Å². The molecule has 1 fully saturated rings. The lowest BCUT2D eigenvalue weighted by Gasteiger charge is -2.33. The van der Waals surface area contributed by atoms with E-state index < -0.39 is 11.4 Å². The predicted molar refractivity (Wildman–Crippen MR) is 70.8 cm³/mol. The number of nitrogens with zero attached hydrogens (tertiary/aromatic N) is 2. The highest BCUT2D eigenvalue weighted by atomic mass is 19.1. The van der Waals surface area contributed by atoms with Crippen molar-refractivity contribution >= 4 is 11.7 Å². The number of pyridine rings is 1. The summed E-state index contributed by atoms with van der Waals surface area (Å²) in [4.78, 5) is 18.1. The molecule has 6 heteroatoms. The third-order valence-corrected chi connectivity index (χ3v) is 3.48. The van der Waals surface area contributed by atoms with E-state index in [1.807, 2.05) is 13.8 Å². The van der Waals surface area contributed by atoms with Crippen LogP contribution in [0.1, 0.15) is 26.7 Å². The molecule has 1 amide bonds. The van der Waals surface area contributed by atoms with Crippen molar-refractivity contribution in [2.24, 2.45) is 0 Å². The van der Waals surface area contributed by atoms with E-state index in [1.54, 1.807) is 0 Å². The monoisotopic (exact) mass is 266 g/mol. The van der Waals surface area contributed by atoms with Crippen molar-refractivity contribution in [3.63, 3.8) is 0 Å². The van der Waals surface area contributed by atoms with Gasteiger partial charge in [-0.2, -0.15) is 0 Å². The van der Waals surface area contributed by atoms with Crippen molar-refractivity contribution in [3.05, 3.63) is 24.1 Å². The molecular formula is C13H19FN4O. The number of amides is 1. The molecule has 0 spiro atoms. The summed E-state index contributed by atoms with van der Waals surface area (Å²) in [5.41, 5.74) is 4.75. The molecule has 2 heterocycles. The zero-order chi connectivity index (χ0) is 13.9. The van der Waals surface area contributed by atoms with Gasteiger partial charge in [0.25, 0.3) is 5.91 Å². The Morgan fingerprint density at radius 1 is 1.37 bits per heavy atom. The van der Waals surface area contributed by atoms with Crippen LogP contribution in [0.5, 0.6) is 0 Å². The van der Waals surface area contributed by atoms with E-state index in [2.05, 4.69) is 20.7 Å². The number of hydrogen-bond acceptors (Lipinski definition) is 4. The van der Waals surface area contributed by atoms with Gasteiger partial charge in [-0.1, -0.05) is 0 Å². The van der Waals surface area contributed by atoms with Crippen LogP contribution in [0.4, 0.5) is 10.2 Å². The van der Waals surface area contributed by atoms with Crippen LogP contribution in [0.3, 0.4) is 0 Å². The number of likely N-dealkylation sites (tertiary alicyclic amines) is 1. The quantitative estimate of drug-likeness (QED) is 0.812. The fourth-order valence-corrected chi connectivity index (χ4v) is 2.14. The third kappa shape index (κ3) is 3.20. The summed E-state index contributed by atoms with van der Waals surface area (Å²) in [6, 6.07) is 2.76. The minimum Gasteiger partial charge on any atom is -0.290 e. The van der Waals surface area contributed by atoms with Gasteiger partial charge >= 0.3 is 0 Å². The first-order valence-electron chi connectivity index (χ1n) is 6.43. The van der Waals surface area contributed by atoms with Crippen molar-refractivity contribution in [3.8, 4) is 0 Å². The number of hydrogen-bond donors (Lipinski definition) is 2. The van der Waals surface area contributed by atoms with E-state index in [9.17, 15) is 9.18 Å². The number of aromatic nitrogens is 1. The number of halogens is 1. The molecule has 0 radical (unpaired) electrons. The Kier molecular flexibility index (Phi) is 3.99.